The van der Waals surface area contributed by atoms with Gasteiger partial charge >= 0.3 is 6.36 Å². The Morgan fingerprint density at radius 1 is 1.18 bits per heavy atom. The largest absolute Gasteiger partial charge is 0.573 e. The Hall–Kier alpha value is -3.33. The molecule has 2 aromatic carbocycles. The Balaban J connectivity index is 1.83. The van der Waals surface area contributed by atoms with Crippen LogP contribution in [0.1, 0.15) is 36.7 Å². The van der Waals surface area contributed by atoms with E-state index in [4.69, 9.17) is 0 Å². The van der Waals surface area contributed by atoms with Gasteiger partial charge in [-0.25, -0.2) is 0 Å². The molecular weight excluding hydrogens is 433 g/mol. The zero-order valence-corrected chi connectivity index (χ0v) is 18.7. The topological polar surface area (TPSA) is 66.0 Å². The summed E-state index contributed by atoms with van der Waals surface area (Å²) in [5.41, 5.74) is 3.03. The molecule has 1 saturated heterocycles. The number of rotatable bonds is 6. The van der Waals surface area contributed by atoms with E-state index in [0.29, 0.717) is 35.7 Å². The zero-order valence-electron chi connectivity index (χ0n) is 18.7. The predicted octanol–water partition coefficient (Wildman–Crippen LogP) is 5.10. The normalized spacial score (nSPS) is 19.2. The van der Waals surface area contributed by atoms with Crippen molar-refractivity contribution in [1.82, 2.24) is 10.2 Å². The van der Waals surface area contributed by atoms with Crippen molar-refractivity contribution in [3.05, 3.63) is 66.4 Å². The number of amides is 1. The molecule has 0 saturated carbocycles. The number of hydrogen-bond donors (Lipinski definition) is 2. The number of carbonyl (C=O) groups excluding carboxylic acids is 1. The molecule has 1 fully saturated rings. The number of nitrogens with zero attached hydrogens (tertiary/aromatic N) is 2. The van der Waals surface area contributed by atoms with E-state index in [-0.39, 0.29) is 23.7 Å². The van der Waals surface area contributed by atoms with Crippen LogP contribution < -0.4 is 15.4 Å². The van der Waals surface area contributed by atoms with E-state index in [0.717, 1.165) is 5.56 Å². The van der Waals surface area contributed by atoms with Gasteiger partial charge in [0.25, 0.3) is 5.91 Å². The van der Waals surface area contributed by atoms with Crippen molar-refractivity contribution in [1.29, 1.82) is 0 Å². The lowest BCUT2D eigenvalue weighted by atomic mass is 10.0. The average molecular weight is 461 g/mol. The van der Waals surface area contributed by atoms with Crippen molar-refractivity contribution < 1.29 is 22.7 Å². The highest BCUT2D eigenvalue weighted by Gasteiger charge is 2.31. The summed E-state index contributed by atoms with van der Waals surface area (Å²) < 4.78 is 40.9. The number of hydrogen-bond acceptors (Lipinski definition) is 5. The Kier molecular flexibility index (Phi) is 7.43. The molecule has 1 amide bonds. The fourth-order valence-corrected chi connectivity index (χ4v) is 3.87. The van der Waals surface area contributed by atoms with E-state index in [1.165, 1.54) is 30.5 Å². The van der Waals surface area contributed by atoms with E-state index in [9.17, 15) is 18.0 Å². The summed E-state index contributed by atoms with van der Waals surface area (Å²) in [5.74, 6) is -0.365. The SMILES string of the molecule is C=CNc1cc(C(=O)N2CC(C)NC(C)C2)ccc1C(C)=Nc1ccc(OC(F)(F)F)cc1. The quantitative estimate of drug-likeness (QED) is 0.589. The van der Waals surface area contributed by atoms with Gasteiger partial charge in [0.05, 0.1) is 5.69 Å². The molecule has 1 aliphatic rings. The lowest BCUT2D eigenvalue weighted by Crippen LogP contribution is -2.55. The molecule has 33 heavy (non-hydrogen) atoms. The molecule has 3 rings (SSSR count). The third-order valence-corrected chi connectivity index (χ3v) is 5.13. The van der Waals surface area contributed by atoms with Gasteiger partial charge in [0, 0.05) is 47.7 Å². The summed E-state index contributed by atoms with van der Waals surface area (Å²) >= 11 is 0. The van der Waals surface area contributed by atoms with Crippen LogP contribution in [0.15, 0.2) is 60.2 Å². The van der Waals surface area contributed by atoms with Crippen molar-refractivity contribution in [2.75, 3.05) is 18.4 Å². The first-order valence-corrected chi connectivity index (χ1v) is 10.5. The summed E-state index contributed by atoms with van der Waals surface area (Å²) in [7, 11) is 0. The molecule has 0 aliphatic carbocycles. The standard InChI is InChI=1S/C24H27F3N4O2/c1-5-28-22-12-18(23(32)31-13-15(2)29-16(3)14-31)6-11-21(22)17(4)30-19-7-9-20(10-8-19)33-24(25,26)27/h5-12,15-16,28-29H,1,13-14H2,2-4H3. The summed E-state index contributed by atoms with van der Waals surface area (Å²) in [6.07, 6.45) is -3.23. The molecule has 2 atom stereocenters. The summed E-state index contributed by atoms with van der Waals surface area (Å²) in [6, 6.07) is 11.0. The molecule has 1 aliphatic heterocycles. The number of anilines is 1. The van der Waals surface area contributed by atoms with Crippen molar-refractivity contribution >= 4 is 23.0 Å². The number of alkyl halides is 3. The maximum Gasteiger partial charge on any atom is 0.573 e. The van der Waals surface area contributed by atoms with Crippen LogP contribution in [0.2, 0.25) is 0 Å². The van der Waals surface area contributed by atoms with Gasteiger partial charge in [0.1, 0.15) is 5.75 Å². The van der Waals surface area contributed by atoms with Gasteiger partial charge in [-0.05, 0) is 63.4 Å². The van der Waals surface area contributed by atoms with Crippen LogP contribution >= 0.6 is 0 Å². The van der Waals surface area contributed by atoms with Gasteiger partial charge in [0.15, 0.2) is 0 Å². The van der Waals surface area contributed by atoms with Gasteiger partial charge in [-0.3, -0.25) is 9.79 Å². The maximum atomic E-state index is 13.1. The van der Waals surface area contributed by atoms with Gasteiger partial charge in [-0.1, -0.05) is 12.6 Å². The molecule has 176 valence electrons. The first kappa shape index (κ1) is 24.3. The summed E-state index contributed by atoms with van der Waals surface area (Å²) in [4.78, 5) is 19.4. The number of carbonyl (C=O) groups is 1. The number of halogens is 3. The van der Waals surface area contributed by atoms with Crippen LogP contribution in [0.25, 0.3) is 0 Å². The molecule has 2 unspecified atom stereocenters. The highest BCUT2D eigenvalue weighted by molar-refractivity contribution is 6.06. The van der Waals surface area contributed by atoms with Crippen LogP contribution in [0, 0.1) is 0 Å². The maximum absolute atomic E-state index is 13.1. The third kappa shape index (κ3) is 6.58. The molecule has 0 spiro atoms. The molecular formula is C24H27F3N4O2. The lowest BCUT2D eigenvalue weighted by Gasteiger charge is -2.36. The van der Waals surface area contributed by atoms with Crippen LogP contribution in [0.3, 0.4) is 0 Å². The minimum Gasteiger partial charge on any atom is -0.406 e. The zero-order chi connectivity index (χ0) is 24.2. The minimum absolute atomic E-state index is 0.0521. The molecule has 2 N–H and O–H groups in total. The first-order valence-electron chi connectivity index (χ1n) is 10.5. The second-order valence-corrected chi connectivity index (χ2v) is 8.03. The van der Waals surface area contributed by atoms with Crippen molar-refractivity contribution in [2.24, 2.45) is 4.99 Å². The molecule has 0 radical (unpaired) electrons. The molecule has 0 aromatic heterocycles. The average Bonchev–Trinajstić information content (AvgIpc) is 2.73. The van der Waals surface area contributed by atoms with Crippen LogP contribution in [-0.2, 0) is 0 Å². The van der Waals surface area contributed by atoms with Crippen LogP contribution in [0.5, 0.6) is 5.75 Å². The van der Waals surface area contributed by atoms with E-state index in [1.54, 1.807) is 25.1 Å². The van der Waals surface area contributed by atoms with Crippen molar-refractivity contribution in [3.63, 3.8) is 0 Å². The monoisotopic (exact) mass is 460 g/mol. The molecule has 9 heteroatoms. The number of piperazine rings is 1. The molecule has 0 bridgehead atoms. The fraction of sp³-hybridized carbons (Fsp3) is 0.333. The number of ether oxygens (including phenoxy) is 1. The van der Waals surface area contributed by atoms with Crippen molar-refractivity contribution in [3.8, 4) is 5.75 Å². The highest BCUT2D eigenvalue weighted by atomic mass is 19.4. The smallest absolute Gasteiger partial charge is 0.406 e. The fourth-order valence-electron chi connectivity index (χ4n) is 3.87. The Labute approximate surface area is 191 Å². The summed E-state index contributed by atoms with van der Waals surface area (Å²) in [6.45, 7) is 10.8. The second-order valence-electron chi connectivity index (χ2n) is 8.03. The van der Waals surface area contributed by atoms with Gasteiger partial charge in [-0.2, -0.15) is 0 Å². The van der Waals surface area contributed by atoms with Crippen LogP contribution in [0.4, 0.5) is 24.5 Å². The predicted molar refractivity (Wildman–Crippen MR) is 123 cm³/mol. The lowest BCUT2D eigenvalue weighted by molar-refractivity contribution is -0.274. The van der Waals surface area contributed by atoms with Crippen molar-refractivity contribution in [2.45, 2.75) is 39.2 Å². The van der Waals surface area contributed by atoms with E-state index >= 15 is 0 Å². The Morgan fingerprint density at radius 3 is 2.39 bits per heavy atom. The highest BCUT2D eigenvalue weighted by Crippen LogP contribution is 2.27. The Morgan fingerprint density at radius 2 is 1.82 bits per heavy atom. The Bertz CT molecular complexity index is 1020. The molecule has 2 aromatic rings. The van der Waals surface area contributed by atoms with Gasteiger partial charge < -0.3 is 20.3 Å². The number of benzene rings is 2. The second kappa shape index (κ2) is 10.1. The van der Waals surface area contributed by atoms with Gasteiger partial charge in [0.2, 0.25) is 0 Å². The molecule has 6 nitrogen and oxygen atoms in total. The molecule has 1 heterocycles. The van der Waals surface area contributed by atoms with E-state index in [1.807, 2.05) is 18.7 Å². The van der Waals surface area contributed by atoms with E-state index < -0.39 is 6.36 Å². The van der Waals surface area contributed by atoms with E-state index in [2.05, 4.69) is 26.9 Å². The number of nitrogens with one attached hydrogen (secondary N) is 2. The van der Waals surface area contributed by atoms with Crippen LogP contribution in [-0.4, -0.2) is 48.1 Å². The summed E-state index contributed by atoms with van der Waals surface area (Å²) in [5, 5.41) is 6.46. The minimum atomic E-state index is -4.74. The number of aliphatic imine (C=N–C) groups is 1. The van der Waals surface area contributed by atoms with Gasteiger partial charge in [-0.15, -0.1) is 13.2 Å². The third-order valence-electron chi connectivity index (χ3n) is 5.13. The first-order chi connectivity index (χ1) is 15.6.